The molecule has 1 unspecified atom stereocenters. The van der Waals surface area contributed by atoms with Crippen molar-refractivity contribution in [3.05, 3.63) is 0 Å². The first-order chi connectivity index (χ1) is 8.52. The molecule has 0 amide bonds. The van der Waals surface area contributed by atoms with Gasteiger partial charge in [-0.15, -0.1) is 0 Å². The van der Waals surface area contributed by atoms with E-state index in [2.05, 4.69) is 11.8 Å². The highest BCUT2D eigenvalue weighted by Crippen LogP contribution is 2.36. The monoisotopic (exact) mass is 257 g/mol. The highest BCUT2D eigenvalue weighted by Gasteiger charge is 2.40. The van der Waals surface area contributed by atoms with Crippen molar-refractivity contribution in [2.75, 3.05) is 27.3 Å². The van der Waals surface area contributed by atoms with Gasteiger partial charge in [0, 0.05) is 19.7 Å². The molecule has 1 aliphatic rings. The molecule has 4 nitrogen and oxygen atoms in total. The maximum absolute atomic E-state index is 11.7. The van der Waals surface area contributed by atoms with Crippen molar-refractivity contribution >= 4 is 5.97 Å². The van der Waals surface area contributed by atoms with E-state index in [0.29, 0.717) is 13.2 Å². The number of carboxylic acid groups (broad SMARTS) is 1. The van der Waals surface area contributed by atoms with Crippen LogP contribution >= 0.6 is 0 Å². The van der Waals surface area contributed by atoms with Crippen LogP contribution in [0.3, 0.4) is 0 Å². The Bertz CT molecular complexity index is 260. The predicted molar refractivity (Wildman–Crippen MR) is 71.7 cm³/mol. The summed E-state index contributed by atoms with van der Waals surface area (Å²) in [6.07, 6.45) is 6.05. The summed E-state index contributed by atoms with van der Waals surface area (Å²) in [5.41, 5.74) is -0.548. The lowest BCUT2D eigenvalue weighted by molar-refractivity contribution is -0.151. The van der Waals surface area contributed by atoms with Crippen LogP contribution in [0.5, 0.6) is 0 Å². The van der Waals surface area contributed by atoms with E-state index in [-0.39, 0.29) is 6.04 Å². The maximum Gasteiger partial charge on any atom is 0.310 e. The molecule has 106 valence electrons. The van der Waals surface area contributed by atoms with Crippen molar-refractivity contribution in [1.82, 2.24) is 4.90 Å². The molecular formula is C14H27NO3. The molecule has 0 spiro atoms. The second kappa shape index (κ2) is 7.10. The molecule has 0 aromatic carbocycles. The van der Waals surface area contributed by atoms with Crippen LogP contribution in [-0.4, -0.2) is 49.3 Å². The summed E-state index contributed by atoms with van der Waals surface area (Å²) in [5.74, 6) is -0.624. The minimum atomic E-state index is -0.624. The number of likely N-dealkylation sites (N-methyl/N-ethyl adjacent to an activating group) is 1. The van der Waals surface area contributed by atoms with Crippen molar-refractivity contribution in [2.24, 2.45) is 5.41 Å². The van der Waals surface area contributed by atoms with Gasteiger partial charge in [-0.1, -0.05) is 25.7 Å². The average molecular weight is 257 g/mol. The Kier molecular flexibility index (Phi) is 6.09. The highest BCUT2D eigenvalue weighted by molar-refractivity contribution is 5.75. The molecule has 0 heterocycles. The summed E-state index contributed by atoms with van der Waals surface area (Å²) in [4.78, 5) is 13.8. The third-order valence-electron chi connectivity index (χ3n) is 4.23. The van der Waals surface area contributed by atoms with Crippen LogP contribution in [0.1, 0.15) is 45.4 Å². The van der Waals surface area contributed by atoms with Crippen LogP contribution in [0.4, 0.5) is 0 Å². The maximum atomic E-state index is 11.7. The molecule has 0 radical (unpaired) electrons. The molecule has 1 atom stereocenters. The third-order valence-corrected chi connectivity index (χ3v) is 4.23. The van der Waals surface area contributed by atoms with E-state index in [1.165, 1.54) is 12.8 Å². The summed E-state index contributed by atoms with van der Waals surface area (Å²) in [7, 11) is 3.68. The molecule has 0 bridgehead atoms. The van der Waals surface area contributed by atoms with E-state index in [4.69, 9.17) is 4.74 Å². The number of carboxylic acids is 1. The second-order valence-electron chi connectivity index (χ2n) is 5.72. The van der Waals surface area contributed by atoms with Crippen LogP contribution in [-0.2, 0) is 9.53 Å². The summed E-state index contributed by atoms with van der Waals surface area (Å²) < 4.78 is 5.14. The summed E-state index contributed by atoms with van der Waals surface area (Å²) in [5, 5.41) is 9.62. The zero-order chi connectivity index (χ0) is 13.6. The highest BCUT2D eigenvalue weighted by atomic mass is 16.5. The smallest absolute Gasteiger partial charge is 0.310 e. The van der Waals surface area contributed by atoms with Gasteiger partial charge in [-0.3, -0.25) is 4.79 Å². The second-order valence-corrected chi connectivity index (χ2v) is 5.72. The quantitative estimate of drug-likeness (QED) is 0.742. The number of rotatable bonds is 6. The summed E-state index contributed by atoms with van der Waals surface area (Å²) in [6, 6.07) is 0.259. The fraction of sp³-hybridized carbons (Fsp3) is 0.929. The summed E-state index contributed by atoms with van der Waals surface area (Å²) >= 11 is 0. The Balaban J connectivity index is 2.69. The van der Waals surface area contributed by atoms with Gasteiger partial charge in [0.05, 0.1) is 12.0 Å². The largest absolute Gasteiger partial charge is 0.481 e. The number of hydrogen-bond acceptors (Lipinski definition) is 3. The van der Waals surface area contributed by atoms with E-state index >= 15 is 0 Å². The lowest BCUT2D eigenvalue weighted by atomic mass is 9.79. The molecule has 18 heavy (non-hydrogen) atoms. The fourth-order valence-corrected chi connectivity index (χ4v) is 2.85. The molecule has 1 rings (SSSR count). The molecule has 0 aromatic rings. The van der Waals surface area contributed by atoms with Crippen molar-refractivity contribution in [2.45, 2.75) is 51.5 Å². The van der Waals surface area contributed by atoms with E-state index in [1.807, 2.05) is 7.05 Å². The molecular weight excluding hydrogens is 230 g/mol. The zero-order valence-corrected chi connectivity index (χ0v) is 11.9. The van der Waals surface area contributed by atoms with Gasteiger partial charge in [-0.25, -0.2) is 0 Å². The SMILES string of the molecule is COCC(C)N(C)CC1(C(=O)O)CCCCCC1. The van der Waals surface area contributed by atoms with Crippen LogP contribution in [0.2, 0.25) is 0 Å². The zero-order valence-electron chi connectivity index (χ0n) is 11.9. The molecule has 0 aliphatic heterocycles. The molecule has 0 saturated heterocycles. The van der Waals surface area contributed by atoms with Gasteiger partial charge in [0.25, 0.3) is 0 Å². The van der Waals surface area contributed by atoms with Crippen molar-refractivity contribution in [1.29, 1.82) is 0 Å². The Labute approximate surface area is 110 Å². The number of hydrogen-bond donors (Lipinski definition) is 1. The average Bonchev–Trinajstić information content (AvgIpc) is 2.56. The first-order valence-corrected chi connectivity index (χ1v) is 6.94. The normalized spacial score (nSPS) is 21.6. The van der Waals surface area contributed by atoms with Gasteiger partial charge < -0.3 is 14.7 Å². The van der Waals surface area contributed by atoms with Gasteiger partial charge in [0.15, 0.2) is 0 Å². The Hall–Kier alpha value is -0.610. The minimum Gasteiger partial charge on any atom is -0.481 e. The van der Waals surface area contributed by atoms with Crippen LogP contribution in [0, 0.1) is 5.41 Å². The molecule has 1 N–H and O–H groups in total. The van der Waals surface area contributed by atoms with E-state index in [9.17, 15) is 9.90 Å². The van der Waals surface area contributed by atoms with E-state index < -0.39 is 11.4 Å². The van der Waals surface area contributed by atoms with Crippen LogP contribution < -0.4 is 0 Å². The number of aliphatic carboxylic acids is 1. The van der Waals surface area contributed by atoms with Crippen molar-refractivity contribution in [3.8, 4) is 0 Å². The minimum absolute atomic E-state index is 0.259. The van der Waals surface area contributed by atoms with Crippen molar-refractivity contribution in [3.63, 3.8) is 0 Å². The lowest BCUT2D eigenvalue weighted by Crippen LogP contribution is -2.45. The van der Waals surface area contributed by atoms with Crippen molar-refractivity contribution < 1.29 is 14.6 Å². The predicted octanol–water partition coefficient (Wildman–Crippen LogP) is 2.38. The molecule has 1 saturated carbocycles. The Morgan fingerprint density at radius 2 is 1.89 bits per heavy atom. The van der Waals surface area contributed by atoms with Crippen LogP contribution in [0.25, 0.3) is 0 Å². The topological polar surface area (TPSA) is 49.8 Å². The fourth-order valence-electron chi connectivity index (χ4n) is 2.85. The molecule has 1 aliphatic carbocycles. The van der Waals surface area contributed by atoms with E-state index in [0.717, 1.165) is 25.7 Å². The third kappa shape index (κ3) is 3.95. The lowest BCUT2D eigenvalue weighted by Gasteiger charge is -2.35. The van der Waals surface area contributed by atoms with Gasteiger partial charge in [0.1, 0.15) is 0 Å². The van der Waals surface area contributed by atoms with Gasteiger partial charge in [0.2, 0.25) is 0 Å². The van der Waals surface area contributed by atoms with Crippen LogP contribution in [0.15, 0.2) is 0 Å². The first-order valence-electron chi connectivity index (χ1n) is 6.94. The van der Waals surface area contributed by atoms with E-state index in [1.54, 1.807) is 7.11 Å². The number of nitrogens with zero attached hydrogens (tertiary/aromatic N) is 1. The number of methoxy groups -OCH3 is 1. The summed E-state index contributed by atoms with van der Waals surface area (Å²) in [6.45, 7) is 3.36. The molecule has 4 heteroatoms. The molecule has 0 aromatic heterocycles. The number of ether oxygens (including phenoxy) is 1. The first kappa shape index (κ1) is 15.4. The standard InChI is InChI=1S/C14H27NO3/c1-12(10-18-3)15(2)11-14(13(16)17)8-6-4-5-7-9-14/h12H,4-11H2,1-3H3,(H,16,17). The van der Waals surface area contributed by atoms with Gasteiger partial charge >= 0.3 is 5.97 Å². The Morgan fingerprint density at radius 1 is 1.33 bits per heavy atom. The molecule has 1 fully saturated rings. The Morgan fingerprint density at radius 3 is 2.33 bits per heavy atom. The van der Waals surface area contributed by atoms with Gasteiger partial charge in [-0.2, -0.15) is 0 Å². The van der Waals surface area contributed by atoms with Gasteiger partial charge in [-0.05, 0) is 26.8 Å². The number of carbonyl (C=O) groups is 1.